The summed E-state index contributed by atoms with van der Waals surface area (Å²) >= 11 is 6.45. The van der Waals surface area contributed by atoms with Crippen molar-refractivity contribution >= 4 is 25.9 Å². The molecule has 0 radical (unpaired) electrons. The SMILES string of the molecule is Cc1nn(-c2cccc(C(=O)O)c2)c(CO[Si](C)(C)C(C)(C)C)c1Cl. The molecule has 0 aliphatic rings. The zero-order valence-electron chi connectivity index (χ0n) is 15.6. The Morgan fingerprint density at radius 2 is 2.00 bits per heavy atom. The molecule has 1 aromatic heterocycles. The number of aromatic carboxylic acids is 1. The van der Waals surface area contributed by atoms with Crippen LogP contribution in [0.25, 0.3) is 5.69 Å². The Kier molecular flexibility index (Phi) is 5.46. The molecule has 0 atom stereocenters. The van der Waals surface area contributed by atoms with Crippen molar-refractivity contribution in [2.75, 3.05) is 0 Å². The molecule has 0 saturated carbocycles. The van der Waals surface area contributed by atoms with E-state index in [1.54, 1.807) is 22.9 Å². The molecule has 2 rings (SSSR count). The van der Waals surface area contributed by atoms with Crippen molar-refractivity contribution in [3.63, 3.8) is 0 Å². The van der Waals surface area contributed by atoms with Crippen molar-refractivity contribution in [1.29, 1.82) is 0 Å². The molecule has 1 aromatic carbocycles. The van der Waals surface area contributed by atoms with E-state index in [0.717, 1.165) is 5.69 Å². The number of aryl methyl sites for hydroxylation is 1. The van der Waals surface area contributed by atoms with Gasteiger partial charge in [-0.15, -0.1) is 0 Å². The Bertz CT molecular complexity index is 794. The van der Waals surface area contributed by atoms with E-state index >= 15 is 0 Å². The van der Waals surface area contributed by atoms with Gasteiger partial charge in [-0.3, -0.25) is 0 Å². The molecule has 0 spiro atoms. The maximum absolute atomic E-state index is 11.2. The number of rotatable bonds is 5. The number of carboxylic acid groups (broad SMARTS) is 1. The number of carbonyl (C=O) groups is 1. The van der Waals surface area contributed by atoms with Gasteiger partial charge in [0.25, 0.3) is 0 Å². The lowest BCUT2D eigenvalue weighted by molar-refractivity contribution is 0.0697. The Morgan fingerprint density at radius 1 is 1.36 bits per heavy atom. The fourth-order valence-corrected chi connectivity index (χ4v) is 3.23. The van der Waals surface area contributed by atoms with E-state index in [-0.39, 0.29) is 10.6 Å². The molecule has 7 heteroatoms. The van der Waals surface area contributed by atoms with Crippen LogP contribution in [-0.4, -0.2) is 29.2 Å². The van der Waals surface area contributed by atoms with Crippen LogP contribution in [0.1, 0.15) is 42.5 Å². The molecule has 1 heterocycles. The van der Waals surface area contributed by atoms with Crippen molar-refractivity contribution in [2.45, 2.75) is 52.4 Å². The summed E-state index contributed by atoms with van der Waals surface area (Å²) in [6.45, 7) is 13.1. The van der Waals surface area contributed by atoms with Crippen LogP contribution in [0.3, 0.4) is 0 Å². The van der Waals surface area contributed by atoms with Gasteiger partial charge >= 0.3 is 5.97 Å². The first-order chi connectivity index (χ1) is 11.4. The van der Waals surface area contributed by atoms with Gasteiger partial charge < -0.3 is 9.53 Å². The van der Waals surface area contributed by atoms with Crippen LogP contribution in [0.2, 0.25) is 23.2 Å². The fourth-order valence-electron chi connectivity index (χ4n) is 2.13. The number of aromatic nitrogens is 2. The van der Waals surface area contributed by atoms with Crippen LogP contribution < -0.4 is 0 Å². The number of halogens is 1. The van der Waals surface area contributed by atoms with Gasteiger partial charge in [-0.2, -0.15) is 5.10 Å². The van der Waals surface area contributed by atoms with Crippen molar-refractivity contribution in [2.24, 2.45) is 0 Å². The monoisotopic (exact) mass is 380 g/mol. The molecular formula is C18H25ClN2O3Si. The summed E-state index contributed by atoms with van der Waals surface area (Å²) in [5.41, 5.74) is 2.30. The minimum absolute atomic E-state index is 0.0859. The largest absolute Gasteiger partial charge is 0.478 e. The van der Waals surface area contributed by atoms with Gasteiger partial charge in [0, 0.05) is 0 Å². The standard InChI is InChI=1S/C18H25ClN2O3Si/c1-12-16(19)15(11-24-25(5,6)18(2,3)4)21(20-12)14-9-7-8-13(10-14)17(22)23/h7-10H,11H2,1-6H3,(H,22,23). The van der Waals surface area contributed by atoms with Crippen LogP contribution in [0, 0.1) is 6.92 Å². The van der Waals surface area contributed by atoms with Crippen molar-refractivity contribution in [3.05, 3.63) is 46.2 Å². The summed E-state index contributed by atoms with van der Waals surface area (Å²) in [6, 6.07) is 6.64. The van der Waals surface area contributed by atoms with Crippen molar-refractivity contribution < 1.29 is 14.3 Å². The highest BCUT2D eigenvalue weighted by atomic mass is 35.5. The second-order valence-electron chi connectivity index (χ2n) is 7.66. The van der Waals surface area contributed by atoms with E-state index in [4.69, 9.17) is 16.0 Å². The van der Waals surface area contributed by atoms with E-state index in [0.29, 0.717) is 23.0 Å². The zero-order valence-corrected chi connectivity index (χ0v) is 17.3. The summed E-state index contributed by atoms with van der Waals surface area (Å²) in [5.74, 6) is -0.976. The third kappa shape index (κ3) is 4.14. The number of hydrogen-bond acceptors (Lipinski definition) is 3. The molecule has 0 saturated heterocycles. The third-order valence-electron chi connectivity index (χ3n) is 4.79. The van der Waals surface area contributed by atoms with Crippen molar-refractivity contribution in [1.82, 2.24) is 9.78 Å². The van der Waals surface area contributed by atoms with Crippen molar-refractivity contribution in [3.8, 4) is 5.69 Å². The van der Waals surface area contributed by atoms with E-state index in [9.17, 15) is 9.90 Å². The predicted octanol–water partition coefficient (Wildman–Crippen LogP) is 5.05. The first-order valence-electron chi connectivity index (χ1n) is 8.16. The maximum atomic E-state index is 11.2. The molecule has 0 amide bonds. The van der Waals surface area contributed by atoms with E-state index in [1.807, 2.05) is 13.0 Å². The van der Waals surface area contributed by atoms with Gasteiger partial charge in [0.2, 0.25) is 0 Å². The van der Waals surface area contributed by atoms with Gasteiger partial charge in [-0.25, -0.2) is 9.48 Å². The average Bonchev–Trinajstić information content (AvgIpc) is 2.79. The molecule has 25 heavy (non-hydrogen) atoms. The summed E-state index contributed by atoms with van der Waals surface area (Å²) in [4.78, 5) is 11.2. The summed E-state index contributed by atoms with van der Waals surface area (Å²) < 4.78 is 7.97. The minimum Gasteiger partial charge on any atom is -0.478 e. The van der Waals surface area contributed by atoms with Crippen LogP contribution in [0.5, 0.6) is 0 Å². The van der Waals surface area contributed by atoms with Gasteiger partial charge in [-0.1, -0.05) is 38.4 Å². The van der Waals surface area contributed by atoms with E-state index in [1.165, 1.54) is 0 Å². The molecule has 0 fully saturated rings. The molecule has 2 aromatic rings. The highest BCUT2D eigenvalue weighted by Crippen LogP contribution is 2.37. The molecular weight excluding hydrogens is 356 g/mol. The number of hydrogen-bond donors (Lipinski definition) is 1. The molecule has 1 N–H and O–H groups in total. The molecule has 0 aliphatic heterocycles. The van der Waals surface area contributed by atoms with E-state index < -0.39 is 14.3 Å². The van der Waals surface area contributed by atoms with E-state index in [2.05, 4.69) is 39.0 Å². The molecule has 5 nitrogen and oxygen atoms in total. The second-order valence-corrected chi connectivity index (χ2v) is 12.8. The van der Waals surface area contributed by atoms with Gasteiger partial charge in [0.05, 0.1) is 34.3 Å². The molecule has 136 valence electrons. The smallest absolute Gasteiger partial charge is 0.335 e. The van der Waals surface area contributed by atoms with Crippen LogP contribution in [0.15, 0.2) is 24.3 Å². The fraction of sp³-hybridized carbons (Fsp3) is 0.444. The quantitative estimate of drug-likeness (QED) is 0.737. The first kappa shape index (κ1) is 19.7. The normalized spacial score (nSPS) is 12.4. The van der Waals surface area contributed by atoms with Crippen LogP contribution >= 0.6 is 11.6 Å². The average molecular weight is 381 g/mol. The minimum atomic E-state index is -1.95. The summed E-state index contributed by atoms with van der Waals surface area (Å²) in [7, 11) is -1.95. The topological polar surface area (TPSA) is 64.4 Å². The van der Waals surface area contributed by atoms with Gasteiger partial charge in [0.1, 0.15) is 0 Å². The van der Waals surface area contributed by atoms with Crippen LogP contribution in [0.4, 0.5) is 0 Å². The Morgan fingerprint density at radius 3 is 2.56 bits per heavy atom. The molecule has 0 aliphatic carbocycles. The zero-order chi connectivity index (χ0) is 19.0. The Hall–Kier alpha value is -1.63. The number of benzene rings is 1. The number of nitrogens with zero attached hydrogens (tertiary/aromatic N) is 2. The first-order valence-corrected chi connectivity index (χ1v) is 11.4. The predicted molar refractivity (Wildman–Crippen MR) is 102 cm³/mol. The summed E-state index contributed by atoms with van der Waals surface area (Å²) in [6.07, 6.45) is 0. The van der Waals surface area contributed by atoms with Crippen LogP contribution in [-0.2, 0) is 11.0 Å². The Labute approximate surface area is 154 Å². The highest BCUT2D eigenvalue weighted by Gasteiger charge is 2.37. The highest BCUT2D eigenvalue weighted by molar-refractivity contribution is 6.74. The molecule has 0 unspecified atom stereocenters. The maximum Gasteiger partial charge on any atom is 0.335 e. The lowest BCUT2D eigenvalue weighted by Crippen LogP contribution is -2.40. The summed E-state index contributed by atoms with van der Waals surface area (Å²) in [5, 5.41) is 14.3. The lowest BCUT2D eigenvalue weighted by atomic mass is 10.2. The Balaban J connectivity index is 2.41. The van der Waals surface area contributed by atoms with Gasteiger partial charge in [0.15, 0.2) is 8.32 Å². The molecule has 0 bridgehead atoms. The second kappa shape index (κ2) is 6.94. The third-order valence-corrected chi connectivity index (χ3v) is 9.76. The lowest BCUT2D eigenvalue weighted by Gasteiger charge is -2.36. The number of carboxylic acids is 1. The van der Waals surface area contributed by atoms with Gasteiger partial charge in [-0.05, 0) is 43.3 Å².